The van der Waals surface area contributed by atoms with Crippen molar-refractivity contribution in [1.29, 1.82) is 0 Å². The number of nitrogens with zero attached hydrogens (tertiary/aromatic N) is 1. The summed E-state index contributed by atoms with van der Waals surface area (Å²) in [4.78, 5) is 0. The fourth-order valence-corrected chi connectivity index (χ4v) is 3.35. The van der Waals surface area contributed by atoms with Crippen molar-refractivity contribution in [3.63, 3.8) is 0 Å². The van der Waals surface area contributed by atoms with E-state index in [1.54, 1.807) is 0 Å². The Kier molecular flexibility index (Phi) is 9.94. The van der Waals surface area contributed by atoms with Gasteiger partial charge in [-0.15, -0.1) is 0 Å². The Morgan fingerprint density at radius 2 is 1.44 bits per heavy atom. The van der Waals surface area contributed by atoms with Crippen LogP contribution in [0.5, 0.6) is 0 Å². The van der Waals surface area contributed by atoms with Gasteiger partial charge in [-0.3, -0.25) is 0 Å². The van der Waals surface area contributed by atoms with Crippen LogP contribution in [-0.2, 0) is 0 Å². The molecule has 1 aliphatic heterocycles. The molecule has 1 fully saturated rings. The van der Waals surface area contributed by atoms with Crippen LogP contribution in [0.25, 0.3) is 0 Å². The molecule has 110 valence electrons. The predicted octanol–water partition coefficient (Wildman–Crippen LogP) is 1.47. The van der Waals surface area contributed by atoms with Crippen LogP contribution in [-0.4, -0.2) is 31.2 Å². The highest BCUT2D eigenvalue weighted by Gasteiger charge is 2.26. The first-order valence-electron chi connectivity index (χ1n) is 7.85. The summed E-state index contributed by atoms with van der Waals surface area (Å²) in [6, 6.07) is 0. The smallest absolute Gasteiger partial charge is 0.0810 e. The second-order valence-electron chi connectivity index (χ2n) is 7.09. The van der Waals surface area contributed by atoms with E-state index in [-0.39, 0.29) is 24.0 Å². The summed E-state index contributed by atoms with van der Waals surface area (Å²) in [6.07, 6.45) is 10.1. The van der Waals surface area contributed by atoms with Crippen LogP contribution < -0.4 is 24.0 Å². The van der Waals surface area contributed by atoms with Crippen molar-refractivity contribution in [2.45, 2.75) is 65.7 Å². The first kappa shape index (κ1) is 18.7. The van der Waals surface area contributed by atoms with Crippen molar-refractivity contribution < 1.29 is 28.5 Å². The molecular formula is C16H34IN. The van der Waals surface area contributed by atoms with E-state index >= 15 is 0 Å². The lowest BCUT2D eigenvalue weighted by atomic mass is 9.97. The lowest BCUT2D eigenvalue weighted by Crippen LogP contribution is -3.00. The lowest BCUT2D eigenvalue weighted by molar-refractivity contribution is -0.917. The molecule has 18 heavy (non-hydrogen) atoms. The number of piperidine rings is 1. The average molecular weight is 367 g/mol. The molecule has 0 N–H and O–H groups in total. The molecule has 0 spiro atoms. The van der Waals surface area contributed by atoms with E-state index in [0.717, 1.165) is 11.8 Å². The third-order valence-electron chi connectivity index (χ3n) is 4.38. The summed E-state index contributed by atoms with van der Waals surface area (Å²) in [5.74, 6) is 1.81. The Hall–Kier alpha value is 0.690. The monoisotopic (exact) mass is 367 g/mol. The van der Waals surface area contributed by atoms with E-state index in [2.05, 4.69) is 27.8 Å². The fourth-order valence-electron chi connectivity index (χ4n) is 3.35. The van der Waals surface area contributed by atoms with E-state index in [9.17, 15) is 0 Å². The quantitative estimate of drug-likeness (QED) is 0.363. The van der Waals surface area contributed by atoms with Crippen molar-refractivity contribution in [2.24, 2.45) is 11.8 Å². The van der Waals surface area contributed by atoms with Gasteiger partial charge in [0.1, 0.15) is 0 Å². The van der Waals surface area contributed by atoms with Crippen LogP contribution in [0, 0.1) is 11.8 Å². The van der Waals surface area contributed by atoms with Gasteiger partial charge in [-0.2, -0.15) is 0 Å². The van der Waals surface area contributed by atoms with Crippen molar-refractivity contribution in [1.82, 2.24) is 0 Å². The number of unbranched alkanes of at least 4 members (excludes halogenated alkanes) is 1. The van der Waals surface area contributed by atoms with Gasteiger partial charge in [0, 0.05) is 5.92 Å². The molecule has 1 saturated heterocycles. The fraction of sp³-hybridized carbons (Fsp3) is 1.00. The molecule has 1 rings (SSSR count). The highest BCUT2D eigenvalue weighted by molar-refractivity contribution is 4.58. The third kappa shape index (κ3) is 7.98. The highest BCUT2D eigenvalue weighted by Crippen LogP contribution is 2.21. The molecule has 1 aliphatic rings. The lowest BCUT2D eigenvalue weighted by Gasteiger charge is -2.39. The Balaban J connectivity index is 0.00000289. The van der Waals surface area contributed by atoms with Crippen molar-refractivity contribution in [2.75, 3.05) is 26.7 Å². The first-order chi connectivity index (χ1) is 8.02. The molecule has 0 bridgehead atoms. The second-order valence-corrected chi connectivity index (χ2v) is 7.09. The minimum Gasteiger partial charge on any atom is -1.00 e. The molecule has 1 heterocycles. The van der Waals surface area contributed by atoms with E-state index < -0.39 is 0 Å². The van der Waals surface area contributed by atoms with Crippen LogP contribution in [0.3, 0.4) is 0 Å². The molecule has 0 radical (unpaired) electrons. The summed E-state index contributed by atoms with van der Waals surface area (Å²) in [6.45, 7) is 11.4. The molecule has 0 aromatic heterocycles. The zero-order chi connectivity index (χ0) is 12.7. The van der Waals surface area contributed by atoms with Crippen molar-refractivity contribution in [3.05, 3.63) is 0 Å². The number of hydrogen-bond acceptors (Lipinski definition) is 0. The number of hydrogen-bond donors (Lipinski definition) is 0. The molecule has 0 amide bonds. The second kappa shape index (κ2) is 9.57. The normalized spacial score (nSPS) is 20.5. The van der Waals surface area contributed by atoms with E-state index in [4.69, 9.17) is 0 Å². The highest BCUT2D eigenvalue weighted by atomic mass is 127. The van der Waals surface area contributed by atoms with E-state index in [0.29, 0.717) is 0 Å². The number of likely N-dealkylation sites (tertiary alicyclic amines) is 1. The Morgan fingerprint density at radius 1 is 0.889 bits per heavy atom. The summed E-state index contributed by atoms with van der Waals surface area (Å²) in [5, 5.41) is 0. The summed E-state index contributed by atoms with van der Waals surface area (Å²) in [5.41, 5.74) is 0. The third-order valence-corrected chi connectivity index (χ3v) is 4.38. The van der Waals surface area contributed by atoms with Gasteiger partial charge in [0.2, 0.25) is 0 Å². The zero-order valence-corrected chi connectivity index (χ0v) is 15.2. The van der Waals surface area contributed by atoms with Crippen LogP contribution in [0.1, 0.15) is 65.7 Å². The predicted molar refractivity (Wildman–Crippen MR) is 77.1 cm³/mol. The van der Waals surface area contributed by atoms with Crippen LogP contribution >= 0.6 is 0 Å². The van der Waals surface area contributed by atoms with E-state index in [1.807, 2.05) is 0 Å². The van der Waals surface area contributed by atoms with E-state index in [1.165, 1.54) is 69.1 Å². The average Bonchev–Trinajstić information content (AvgIpc) is 2.24. The van der Waals surface area contributed by atoms with Gasteiger partial charge in [0.05, 0.1) is 26.7 Å². The molecule has 0 aromatic rings. The Labute approximate surface area is 132 Å². The maximum absolute atomic E-state index is 2.48. The molecule has 1 unspecified atom stereocenters. The minimum absolute atomic E-state index is 0. The minimum atomic E-state index is 0. The molecule has 0 aromatic carbocycles. The van der Waals surface area contributed by atoms with Crippen molar-refractivity contribution in [3.8, 4) is 0 Å². The van der Waals surface area contributed by atoms with Gasteiger partial charge < -0.3 is 28.5 Å². The molecule has 0 saturated carbocycles. The molecule has 0 aliphatic carbocycles. The number of rotatable bonds is 7. The molecule has 1 atom stereocenters. The SMILES string of the molecule is CC(C)CCCCC(C)C[N+]1(C)CCCCC1.[I-]. The van der Waals surface area contributed by atoms with Gasteiger partial charge in [0.15, 0.2) is 0 Å². The van der Waals surface area contributed by atoms with Gasteiger partial charge in [-0.25, -0.2) is 0 Å². The summed E-state index contributed by atoms with van der Waals surface area (Å²) >= 11 is 0. The topological polar surface area (TPSA) is 0 Å². The maximum atomic E-state index is 2.48. The Bertz CT molecular complexity index is 197. The van der Waals surface area contributed by atoms with Gasteiger partial charge in [-0.1, -0.05) is 40.0 Å². The van der Waals surface area contributed by atoms with Gasteiger partial charge in [-0.05, 0) is 31.6 Å². The summed E-state index contributed by atoms with van der Waals surface area (Å²) in [7, 11) is 2.48. The van der Waals surface area contributed by atoms with Crippen LogP contribution in [0.2, 0.25) is 0 Å². The van der Waals surface area contributed by atoms with Crippen molar-refractivity contribution >= 4 is 0 Å². The Morgan fingerprint density at radius 3 is 2.00 bits per heavy atom. The van der Waals surface area contributed by atoms with Crippen LogP contribution in [0.15, 0.2) is 0 Å². The first-order valence-corrected chi connectivity index (χ1v) is 7.85. The molecule has 2 heteroatoms. The maximum Gasteiger partial charge on any atom is 0.0810 e. The zero-order valence-electron chi connectivity index (χ0n) is 13.1. The number of quaternary nitrogens is 1. The van der Waals surface area contributed by atoms with Crippen LogP contribution in [0.4, 0.5) is 0 Å². The molecular weight excluding hydrogens is 333 g/mol. The van der Waals surface area contributed by atoms with Gasteiger partial charge >= 0.3 is 0 Å². The largest absolute Gasteiger partial charge is 1.00 e. The van der Waals surface area contributed by atoms with Gasteiger partial charge in [0.25, 0.3) is 0 Å². The summed E-state index contributed by atoms with van der Waals surface area (Å²) < 4.78 is 1.35. The number of halogens is 1. The molecule has 1 nitrogen and oxygen atoms in total. The standard InChI is InChI=1S/C16H34N.HI/c1-15(2)10-6-7-11-16(3)14-17(4)12-8-5-9-13-17;/h15-16H,5-14H2,1-4H3;1H/q+1;/p-1.